The van der Waals surface area contributed by atoms with Crippen molar-refractivity contribution in [3.8, 4) is 0 Å². The lowest BCUT2D eigenvalue weighted by Crippen LogP contribution is -2.19. The van der Waals surface area contributed by atoms with Gasteiger partial charge in [0.2, 0.25) is 0 Å². The molecule has 0 aliphatic heterocycles. The zero-order valence-corrected chi connectivity index (χ0v) is 6.02. The summed E-state index contributed by atoms with van der Waals surface area (Å²) in [5.41, 5.74) is -0.354. The predicted octanol–water partition coefficient (Wildman–Crippen LogP) is 1.09. The number of rotatable bonds is 2. The lowest BCUT2D eigenvalue weighted by molar-refractivity contribution is 0.174. The van der Waals surface area contributed by atoms with Crippen LogP contribution in [-0.4, -0.2) is 14.7 Å². The van der Waals surface area contributed by atoms with Crippen molar-refractivity contribution in [2.75, 3.05) is 0 Å². The summed E-state index contributed by atoms with van der Waals surface area (Å²) >= 11 is -3.22. The van der Waals surface area contributed by atoms with Crippen LogP contribution >= 0.6 is 11.1 Å². The Morgan fingerprint density at radius 3 is 2.11 bits per heavy atom. The zero-order chi connectivity index (χ0) is 7.12. The molecule has 5 heteroatoms. The van der Waals surface area contributed by atoms with Gasteiger partial charge in [-0.1, -0.05) is 0 Å². The normalized spacial score (nSPS) is 25.8. The highest BCUT2D eigenvalue weighted by atomic mass is 32.3. The van der Waals surface area contributed by atoms with E-state index in [-0.39, 0.29) is 5.60 Å². The maximum atomic E-state index is 8.59. The van der Waals surface area contributed by atoms with Crippen molar-refractivity contribution in [1.82, 2.24) is 0 Å². The van der Waals surface area contributed by atoms with E-state index in [4.69, 9.17) is 18.4 Å². The number of hydrogen-bond donors (Lipinski definition) is 3. The first-order valence-electron chi connectivity index (χ1n) is 2.68. The standard InChI is InChI=1S/C4H11NO3S/c1-4(2-3-4)8-9(5,6)7/h6-7H,2-3,5H2,1H3. The van der Waals surface area contributed by atoms with E-state index in [9.17, 15) is 0 Å². The molecular weight excluding hydrogens is 142 g/mol. The monoisotopic (exact) mass is 153 g/mol. The van der Waals surface area contributed by atoms with Crippen LogP contribution in [0.4, 0.5) is 0 Å². The van der Waals surface area contributed by atoms with Crippen molar-refractivity contribution < 1.29 is 13.3 Å². The molecule has 1 aliphatic rings. The third-order valence-corrected chi connectivity index (χ3v) is 1.93. The van der Waals surface area contributed by atoms with E-state index in [0.717, 1.165) is 12.8 Å². The minimum Gasteiger partial charge on any atom is -0.296 e. The van der Waals surface area contributed by atoms with Gasteiger partial charge in [-0.15, -0.1) is 0 Å². The molecular formula is C4H11NO3S. The lowest BCUT2D eigenvalue weighted by Gasteiger charge is -2.24. The van der Waals surface area contributed by atoms with Crippen LogP contribution in [-0.2, 0) is 4.18 Å². The fourth-order valence-corrected chi connectivity index (χ4v) is 1.31. The van der Waals surface area contributed by atoms with Crippen molar-refractivity contribution in [3.05, 3.63) is 0 Å². The second-order valence-electron chi connectivity index (χ2n) is 2.57. The Hall–Kier alpha value is 0.190. The molecule has 4 nitrogen and oxygen atoms in total. The van der Waals surface area contributed by atoms with Crippen LogP contribution in [0.5, 0.6) is 0 Å². The van der Waals surface area contributed by atoms with Gasteiger partial charge in [-0.25, -0.2) is 5.14 Å². The molecule has 0 saturated heterocycles. The lowest BCUT2D eigenvalue weighted by atomic mass is 10.4. The fourth-order valence-electron chi connectivity index (χ4n) is 0.555. The molecule has 1 aliphatic carbocycles. The Kier molecular flexibility index (Phi) is 1.49. The van der Waals surface area contributed by atoms with E-state index in [1.807, 2.05) is 0 Å². The topological polar surface area (TPSA) is 75.7 Å². The molecule has 0 amide bonds. The summed E-state index contributed by atoms with van der Waals surface area (Å²) in [5.74, 6) is 0. The van der Waals surface area contributed by atoms with Gasteiger partial charge in [0.1, 0.15) is 0 Å². The maximum Gasteiger partial charge on any atom is 0.153 e. The number of nitrogens with two attached hydrogens (primary N) is 1. The first-order chi connectivity index (χ1) is 3.91. The van der Waals surface area contributed by atoms with Gasteiger partial charge in [0.25, 0.3) is 0 Å². The van der Waals surface area contributed by atoms with Crippen molar-refractivity contribution in [3.63, 3.8) is 0 Å². The van der Waals surface area contributed by atoms with E-state index in [1.54, 1.807) is 6.92 Å². The van der Waals surface area contributed by atoms with Crippen molar-refractivity contribution in [2.24, 2.45) is 5.14 Å². The van der Waals surface area contributed by atoms with Crippen molar-refractivity contribution >= 4 is 11.1 Å². The summed E-state index contributed by atoms with van der Waals surface area (Å²) in [6.45, 7) is 1.80. The van der Waals surface area contributed by atoms with E-state index in [2.05, 4.69) is 0 Å². The molecule has 0 aromatic rings. The molecule has 0 radical (unpaired) electrons. The summed E-state index contributed by atoms with van der Waals surface area (Å²) in [7, 11) is 0. The number of hydrogen-bond acceptors (Lipinski definition) is 4. The molecule has 0 aromatic carbocycles. The maximum absolute atomic E-state index is 8.59. The first kappa shape index (κ1) is 7.30. The largest absolute Gasteiger partial charge is 0.296 e. The van der Waals surface area contributed by atoms with Gasteiger partial charge >= 0.3 is 0 Å². The van der Waals surface area contributed by atoms with Crippen LogP contribution in [0.3, 0.4) is 0 Å². The molecule has 1 rings (SSSR count). The summed E-state index contributed by atoms with van der Waals surface area (Å²) in [6, 6.07) is 0. The Morgan fingerprint density at radius 2 is 2.00 bits per heavy atom. The average molecular weight is 153 g/mol. The molecule has 0 bridgehead atoms. The molecule has 0 heterocycles. The molecule has 9 heavy (non-hydrogen) atoms. The third kappa shape index (κ3) is 2.51. The van der Waals surface area contributed by atoms with Crippen LogP contribution in [0.1, 0.15) is 19.8 Å². The van der Waals surface area contributed by atoms with Crippen molar-refractivity contribution in [2.45, 2.75) is 25.4 Å². The minimum absolute atomic E-state index is 0.354. The van der Waals surface area contributed by atoms with Crippen LogP contribution < -0.4 is 5.14 Å². The van der Waals surface area contributed by atoms with E-state index >= 15 is 0 Å². The van der Waals surface area contributed by atoms with E-state index < -0.39 is 11.1 Å². The van der Waals surface area contributed by atoms with E-state index in [0.29, 0.717) is 0 Å². The summed E-state index contributed by atoms with van der Waals surface area (Å²) in [5, 5.41) is 4.83. The van der Waals surface area contributed by atoms with Crippen molar-refractivity contribution in [1.29, 1.82) is 0 Å². The molecule has 56 valence electrons. The van der Waals surface area contributed by atoms with Crippen LogP contribution in [0, 0.1) is 0 Å². The Labute approximate surface area is 55.7 Å². The summed E-state index contributed by atoms with van der Waals surface area (Å²) in [6.07, 6.45) is 1.72. The highest BCUT2D eigenvalue weighted by Gasteiger charge is 2.43. The minimum atomic E-state index is -3.22. The average Bonchev–Trinajstić information content (AvgIpc) is 2.12. The van der Waals surface area contributed by atoms with Gasteiger partial charge in [-0.2, -0.15) is 0 Å². The Morgan fingerprint density at radius 1 is 1.56 bits per heavy atom. The smallest absolute Gasteiger partial charge is 0.153 e. The predicted molar refractivity (Wildman–Crippen MR) is 35.8 cm³/mol. The van der Waals surface area contributed by atoms with Gasteiger partial charge < -0.3 is 0 Å². The SMILES string of the molecule is CC1(OS(N)(O)O)CC1. The molecule has 0 spiro atoms. The highest BCUT2D eigenvalue weighted by Crippen LogP contribution is 2.48. The van der Waals surface area contributed by atoms with Crippen LogP contribution in [0.2, 0.25) is 0 Å². The first-order valence-corrected chi connectivity index (χ1v) is 4.21. The molecule has 1 saturated carbocycles. The second-order valence-corrected chi connectivity index (χ2v) is 3.81. The van der Waals surface area contributed by atoms with Crippen LogP contribution in [0.25, 0.3) is 0 Å². The quantitative estimate of drug-likeness (QED) is 0.555. The van der Waals surface area contributed by atoms with Gasteiger partial charge in [0.15, 0.2) is 11.1 Å². The zero-order valence-electron chi connectivity index (χ0n) is 5.20. The van der Waals surface area contributed by atoms with Gasteiger partial charge in [-0.3, -0.25) is 13.3 Å². The highest BCUT2D eigenvalue weighted by molar-refractivity contribution is 8.18. The van der Waals surface area contributed by atoms with Gasteiger partial charge in [-0.05, 0) is 19.8 Å². The molecule has 0 unspecified atom stereocenters. The Balaban J connectivity index is 2.33. The van der Waals surface area contributed by atoms with Crippen LogP contribution in [0.15, 0.2) is 0 Å². The summed E-state index contributed by atoms with van der Waals surface area (Å²) < 4.78 is 21.9. The molecule has 4 N–H and O–H groups in total. The fraction of sp³-hybridized carbons (Fsp3) is 1.00. The van der Waals surface area contributed by atoms with Gasteiger partial charge in [0, 0.05) is 0 Å². The molecule has 0 aromatic heterocycles. The second kappa shape index (κ2) is 1.83. The summed E-state index contributed by atoms with van der Waals surface area (Å²) in [4.78, 5) is 0. The third-order valence-electron chi connectivity index (χ3n) is 1.28. The Bertz CT molecular complexity index is 114. The molecule has 1 fully saturated rings. The van der Waals surface area contributed by atoms with Gasteiger partial charge in [0.05, 0.1) is 5.60 Å². The molecule has 0 atom stereocenters. The van der Waals surface area contributed by atoms with E-state index in [1.165, 1.54) is 0 Å².